The Morgan fingerprint density at radius 2 is 2.10 bits per heavy atom. The van der Waals surface area contributed by atoms with Crippen LogP contribution in [0.1, 0.15) is 16.8 Å². The van der Waals surface area contributed by atoms with Gasteiger partial charge >= 0.3 is 0 Å². The molecule has 1 aromatic heterocycles. The summed E-state index contributed by atoms with van der Waals surface area (Å²) in [7, 11) is -2.09. The summed E-state index contributed by atoms with van der Waals surface area (Å²) >= 11 is 0. The number of nitriles is 1. The van der Waals surface area contributed by atoms with Gasteiger partial charge in [0.15, 0.2) is 5.82 Å². The fourth-order valence-electron chi connectivity index (χ4n) is 1.94. The first kappa shape index (κ1) is 14.9. The molecule has 0 saturated heterocycles. The van der Waals surface area contributed by atoms with Gasteiger partial charge in [0.2, 0.25) is 10.0 Å². The van der Waals surface area contributed by atoms with Crippen LogP contribution in [0.5, 0.6) is 0 Å². The number of benzene rings is 1. The van der Waals surface area contributed by atoms with E-state index >= 15 is 0 Å². The van der Waals surface area contributed by atoms with E-state index in [1.54, 1.807) is 38.2 Å². The monoisotopic (exact) mass is 305 g/mol. The third-order valence-corrected chi connectivity index (χ3v) is 4.20. The predicted octanol–water partition coefficient (Wildman–Crippen LogP) is 1.12. The lowest BCUT2D eigenvalue weighted by molar-refractivity contribution is 0.599. The van der Waals surface area contributed by atoms with Crippen molar-refractivity contribution in [3.8, 4) is 6.07 Å². The molecule has 2 aromatic rings. The van der Waals surface area contributed by atoms with E-state index in [0.29, 0.717) is 16.8 Å². The first-order valence-electron chi connectivity index (χ1n) is 6.11. The maximum Gasteiger partial charge on any atom is 0.238 e. The zero-order valence-corrected chi connectivity index (χ0v) is 12.5. The minimum Gasteiger partial charge on any atom is -0.394 e. The molecule has 0 aliphatic carbocycles. The van der Waals surface area contributed by atoms with Crippen LogP contribution in [-0.4, -0.2) is 18.2 Å². The minimum atomic E-state index is -3.69. The second-order valence-electron chi connectivity index (χ2n) is 4.60. The number of rotatable bonds is 4. The Kier molecular flexibility index (Phi) is 3.86. The number of hydrogen-bond acceptors (Lipinski definition) is 5. The van der Waals surface area contributed by atoms with E-state index < -0.39 is 10.0 Å². The van der Waals surface area contributed by atoms with Gasteiger partial charge in [-0.25, -0.2) is 13.1 Å². The van der Waals surface area contributed by atoms with Gasteiger partial charge in [-0.05, 0) is 18.6 Å². The number of nitrogens with two attached hydrogens (primary N) is 1. The van der Waals surface area contributed by atoms with Gasteiger partial charge in [0.25, 0.3) is 0 Å². The van der Waals surface area contributed by atoms with Crippen molar-refractivity contribution >= 4 is 21.5 Å². The Morgan fingerprint density at radius 1 is 1.43 bits per heavy atom. The number of nitrogens with zero attached hydrogens (tertiary/aromatic N) is 3. The Bertz CT molecular complexity index is 818. The van der Waals surface area contributed by atoms with Crippen molar-refractivity contribution in [1.82, 2.24) is 9.78 Å². The normalized spacial score (nSPS) is 11.1. The molecule has 0 radical (unpaired) electrons. The Labute approximate surface area is 123 Å². The van der Waals surface area contributed by atoms with Gasteiger partial charge in [-0.3, -0.25) is 4.72 Å². The van der Waals surface area contributed by atoms with E-state index in [2.05, 4.69) is 9.82 Å². The molecule has 0 saturated carbocycles. The van der Waals surface area contributed by atoms with Crippen LogP contribution in [0.25, 0.3) is 0 Å². The molecule has 0 amide bonds. The Morgan fingerprint density at radius 3 is 2.67 bits per heavy atom. The topological polar surface area (TPSA) is 114 Å². The van der Waals surface area contributed by atoms with Crippen molar-refractivity contribution in [1.29, 1.82) is 5.26 Å². The molecule has 0 bridgehead atoms. The summed E-state index contributed by atoms with van der Waals surface area (Å²) in [6.45, 7) is 1.69. The summed E-state index contributed by atoms with van der Waals surface area (Å²) in [5.41, 5.74) is 7.40. The standard InChI is InChI=1S/C13H15N5O2S/c1-9-12(15)13(18(2)16-9)17-21(19,20)8-11-6-4-3-5-10(11)7-14/h3-6,17H,8,15H2,1-2H3. The van der Waals surface area contributed by atoms with Gasteiger partial charge < -0.3 is 5.73 Å². The fourth-order valence-corrected chi connectivity index (χ4v) is 3.21. The first-order valence-corrected chi connectivity index (χ1v) is 7.77. The van der Waals surface area contributed by atoms with Crippen LogP contribution >= 0.6 is 0 Å². The molecule has 3 N–H and O–H groups in total. The van der Waals surface area contributed by atoms with E-state index in [4.69, 9.17) is 11.0 Å². The molecule has 2 rings (SSSR count). The summed E-state index contributed by atoms with van der Waals surface area (Å²) < 4.78 is 28.3. The van der Waals surface area contributed by atoms with Gasteiger partial charge in [0.05, 0.1) is 28.8 Å². The molecule has 8 heteroatoms. The van der Waals surface area contributed by atoms with Crippen molar-refractivity contribution < 1.29 is 8.42 Å². The predicted molar refractivity (Wildman–Crippen MR) is 79.8 cm³/mol. The van der Waals surface area contributed by atoms with E-state index in [0.717, 1.165) is 0 Å². The van der Waals surface area contributed by atoms with Crippen molar-refractivity contribution in [2.45, 2.75) is 12.7 Å². The lowest BCUT2D eigenvalue weighted by Gasteiger charge is -2.10. The molecule has 1 aromatic carbocycles. The van der Waals surface area contributed by atoms with Crippen LogP contribution in [0, 0.1) is 18.3 Å². The third-order valence-electron chi connectivity index (χ3n) is 3.00. The molecule has 110 valence electrons. The molecule has 7 nitrogen and oxygen atoms in total. The van der Waals surface area contributed by atoms with Crippen molar-refractivity contribution in [3.63, 3.8) is 0 Å². The molecule has 1 heterocycles. The van der Waals surface area contributed by atoms with Gasteiger partial charge in [-0.15, -0.1) is 0 Å². The van der Waals surface area contributed by atoms with Crippen molar-refractivity contribution in [2.24, 2.45) is 7.05 Å². The molecule has 0 aliphatic rings. The number of sulfonamides is 1. The molecule has 0 fully saturated rings. The Hall–Kier alpha value is -2.53. The van der Waals surface area contributed by atoms with Crippen LogP contribution in [0.3, 0.4) is 0 Å². The van der Waals surface area contributed by atoms with Crippen LogP contribution < -0.4 is 10.5 Å². The quantitative estimate of drug-likeness (QED) is 0.878. The summed E-state index contributed by atoms with van der Waals surface area (Å²) in [6.07, 6.45) is 0. The van der Waals surface area contributed by atoms with Crippen molar-refractivity contribution in [3.05, 3.63) is 41.1 Å². The lowest BCUT2D eigenvalue weighted by Crippen LogP contribution is -2.18. The van der Waals surface area contributed by atoms with Crippen LogP contribution in [0.2, 0.25) is 0 Å². The zero-order valence-electron chi connectivity index (χ0n) is 11.7. The molecule has 0 aliphatic heterocycles. The van der Waals surface area contributed by atoms with E-state index in [-0.39, 0.29) is 17.3 Å². The van der Waals surface area contributed by atoms with Crippen LogP contribution in [0.4, 0.5) is 11.5 Å². The molecule has 21 heavy (non-hydrogen) atoms. The number of hydrogen-bond donors (Lipinski definition) is 2. The van der Waals surface area contributed by atoms with E-state index in [9.17, 15) is 8.42 Å². The molecule has 0 spiro atoms. The van der Waals surface area contributed by atoms with Gasteiger partial charge in [-0.1, -0.05) is 18.2 Å². The Balaban J connectivity index is 2.30. The van der Waals surface area contributed by atoms with Gasteiger partial charge in [0.1, 0.15) is 0 Å². The average molecular weight is 305 g/mol. The number of aryl methyl sites for hydroxylation is 2. The van der Waals surface area contributed by atoms with Crippen LogP contribution in [-0.2, 0) is 22.8 Å². The lowest BCUT2D eigenvalue weighted by atomic mass is 10.1. The molecular formula is C13H15N5O2S. The maximum atomic E-state index is 12.2. The zero-order chi connectivity index (χ0) is 15.6. The maximum absolute atomic E-state index is 12.2. The third kappa shape index (κ3) is 3.14. The highest BCUT2D eigenvalue weighted by molar-refractivity contribution is 7.91. The SMILES string of the molecule is Cc1nn(C)c(NS(=O)(=O)Cc2ccccc2C#N)c1N. The highest BCUT2D eigenvalue weighted by Crippen LogP contribution is 2.23. The van der Waals surface area contributed by atoms with Gasteiger partial charge in [0, 0.05) is 7.05 Å². The number of nitrogens with one attached hydrogen (secondary N) is 1. The second kappa shape index (κ2) is 5.46. The summed E-state index contributed by atoms with van der Waals surface area (Å²) in [5.74, 6) is -0.0811. The summed E-state index contributed by atoms with van der Waals surface area (Å²) in [6, 6.07) is 8.53. The largest absolute Gasteiger partial charge is 0.394 e. The smallest absolute Gasteiger partial charge is 0.238 e. The number of aromatic nitrogens is 2. The molecule has 0 atom stereocenters. The molecule has 0 unspecified atom stereocenters. The minimum absolute atomic E-state index is 0.224. The molecular weight excluding hydrogens is 290 g/mol. The first-order chi connectivity index (χ1) is 9.84. The summed E-state index contributed by atoms with van der Waals surface area (Å²) in [4.78, 5) is 0. The van der Waals surface area contributed by atoms with Crippen LogP contribution in [0.15, 0.2) is 24.3 Å². The van der Waals surface area contributed by atoms with E-state index in [1.165, 1.54) is 4.68 Å². The second-order valence-corrected chi connectivity index (χ2v) is 6.32. The van der Waals surface area contributed by atoms with Gasteiger partial charge in [-0.2, -0.15) is 10.4 Å². The van der Waals surface area contributed by atoms with Crippen molar-refractivity contribution in [2.75, 3.05) is 10.5 Å². The number of anilines is 2. The van der Waals surface area contributed by atoms with E-state index in [1.807, 2.05) is 6.07 Å². The highest BCUT2D eigenvalue weighted by atomic mass is 32.2. The highest BCUT2D eigenvalue weighted by Gasteiger charge is 2.19. The summed E-state index contributed by atoms with van der Waals surface area (Å²) in [5, 5.41) is 13.0. The average Bonchev–Trinajstić information content (AvgIpc) is 2.65. The number of nitrogen functional groups attached to an aromatic ring is 1. The fraction of sp³-hybridized carbons (Fsp3) is 0.231.